The van der Waals surface area contributed by atoms with Gasteiger partial charge in [-0.2, -0.15) is 0 Å². The zero-order valence-corrected chi connectivity index (χ0v) is 10.0. The van der Waals surface area contributed by atoms with Crippen LogP contribution in [0.4, 0.5) is 5.69 Å². The van der Waals surface area contributed by atoms with Crippen LogP contribution >= 0.6 is 0 Å². The van der Waals surface area contributed by atoms with Crippen molar-refractivity contribution in [2.75, 3.05) is 23.7 Å². The number of para-hydroxylation sites is 2. The van der Waals surface area contributed by atoms with Gasteiger partial charge in [-0.25, -0.2) is 8.42 Å². The molecule has 1 saturated heterocycles. The molecule has 16 heavy (non-hydrogen) atoms. The van der Waals surface area contributed by atoms with Crippen molar-refractivity contribution in [3.8, 4) is 5.75 Å². The molecule has 5 heteroatoms. The number of ether oxygens (including phenoxy) is 1. The summed E-state index contributed by atoms with van der Waals surface area (Å²) in [5.74, 6) is 0.832. The van der Waals surface area contributed by atoms with Crippen LogP contribution in [0, 0.1) is 0 Å². The van der Waals surface area contributed by atoms with Crippen LogP contribution < -0.4 is 9.04 Å². The number of nitrogens with zero attached hydrogens (tertiary/aromatic N) is 1. The van der Waals surface area contributed by atoms with Crippen molar-refractivity contribution in [2.45, 2.75) is 12.8 Å². The van der Waals surface area contributed by atoms with Crippen molar-refractivity contribution in [3.05, 3.63) is 24.3 Å². The minimum atomic E-state index is -3.16. The van der Waals surface area contributed by atoms with Crippen molar-refractivity contribution in [1.82, 2.24) is 0 Å². The van der Waals surface area contributed by atoms with Gasteiger partial charge in [0.25, 0.3) is 0 Å². The van der Waals surface area contributed by atoms with E-state index in [0.717, 1.165) is 12.8 Å². The van der Waals surface area contributed by atoms with Crippen molar-refractivity contribution in [1.29, 1.82) is 0 Å². The summed E-state index contributed by atoms with van der Waals surface area (Å²) < 4.78 is 30.5. The van der Waals surface area contributed by atoms with Gasteiger partial charge in [-0.15, -0.1) is 0 Å². The molecule has 4 nitrogen and oxygen atoms in total. The van der Waals surface area contributed by atoms with Crippen LogP contribution in [-0.4, -0.2) is 27.8 Å². The van der Waals surface area contributed by atoms with E-state index in [1.165, 1.54) is 4.31 Å². The maximum absolute atomic E-state index is 11.9. The third-order valence-electron chi connectivity index (χ3n) is 2.70. The van der Waals surface area contributed by atoms with E-state index >= 15 is 0 Å². The standard InChI is InChI=1S/C11H15NO3S/c1-15-11-7-3-2-6-10(11)12-8-4-5-9-16(12,13)14/h2-3,6-7H,4-5,8-9H2,1H3. The number of hydrogen-bond donors (Lipinski definition) is 0. The van der Waals surface area contributed by atoms with E-state index in [1.807, 2.05) is 12.1 Å². The smallest absolute Gasteiger partial charge is 0.235 e. The Labute approximate surface area is 95.9 Å². The predicted molar refractivity (Wildman–Crippen MR) is 63.4 cm³/mol. The van der Waals surface area contributed by atoms with Crippen molar-refractivity contribution >= 4 is 15.7 Å². The lowest BCUT2D eigenvalue weighted by atomic mass is 10.2. The van der Waals surface area contributed by atoms with Crippen LogP contribution in [0.25, 0.3) is 0 Å². The van der Waals surface area contributed by atoms with E-state index in [9.17, 15) is 8.42 Å². The lowest BCUT2D eigenvalue weighted by molar-refractivity contribution is 0.415. The van der Waals surface area contributed by atoms with Gasteiger partial charge in [0.15, 0.2) is 0 Å². The van der Waals surface area contributed by atoms with E-state index in [-0.39, 0.29) is 5.75 Å². The topological polar surface area (TPSA) is 46.6 Å². The second-order valence-electron chi connectivity index (χ2n) is 3.77. The molecule has 1 aliphatic rings. The third-order valence-corrected chi connectivity index (χ3v) is 4.56. The third kappa shape index (κ3) is 2.00. The fourth-order valence-electron chi connectivity index (χ4n) is 1.90. The van der Waals surface area contributed by atoms with E-state index in [4.69, 9.17) is 4.74 Å². The number of rotatable bonds is 2. The molecule has 0 atom stereocenters. The molecule has 0 aromatic heterocycles. The molecule has 1 aliphatic heterocycles. The molecule has 1 heterocycles. The Balaban J connectivity index is 2.42. The Kier molecular flexibility index (Phi) is 3.05. The van der Waals surface area contributed by atoms with Gasteiger partial charge in [0.2, 0.25) is 10.0 Å². The molecule has 1 aromatic carbocycles. The molecule has 1 aromatic rings. The van der Waals surface area contributed by atoms with Crippen LogP contribution in [0.15, 0.2) is 24.3 Å². The Morgan fingerprint density at radius 2 is 2.00 bits per heavy atom. The van der Waals surface area contributed by atoms with Gasteiger partial charge in [-0.1, -0.05) is 12.1 Å². The predicted octanol–water partition coefficient (Wildman–Crippen LogP) is 1.63. The average Bonchev–Trinajstić information content (AvgIpc) is 2.28. The van der Waals surface area contributed by atoms with Gasteiger partial charge in [0.05, 0.1) is 18.6 Å². The number of hydrogen-bond acceptors (Lipinski definition) is 3. The van der Waals surface area contributed by atoms with Crippen molar-refractivity contribution in [2.24, 2.45) is 0 Å². The Morgan fingerprint density at radius 3 is 2.69 bits per heavy atom. The van der Waals surface area contributed by atoms with Gasteiger partial charge < -0.3 is 4.74 Å². The summed E-state index contributed by atoms with van der Waals surface area (Å²) in [4.78, 5) is 0. The number of benzene rings is 1. The number of anilines is 1. The lowest BCUT2D eigenvalue weighted by Gasteiger charge is -2.29. The molecule has 88 valence electrons. The summed E-state index contributed by atoms with van der Waals surface area (Å²) in [5.41, 5.74) is 0.643. The molecule has 0 aliphatic carbocycles. The summed E-state index contributed by atoms with van der Waals surface area (Å²) in [6, 6.07) is 7.21. The minimum Gasteiger partial charge on any atom is -0.495 e. The van der Waals surface area contributed by atoms with Crippen molar-refractivity contribution < 1.29 is 13.2 Å². The van der Waals surface area contributed by atoms with Crippen LogP contribution in [0.5, 0.6) is 5.75 Å². The first-order chi connectivity index (χ1) is 7.65. The molecule has 0 radical (unpaired) electrons. The molecule has 0 bridgehead atoms. The molecular formula is C11H15NO3S. The summed E-state index contributed by atoms with van der Waals surface area (Å²) in [6.45, 7) is 0.544. The van der Waals surface area contributed by atoms with Crippen LogP contribution in [-0.2, 0) is 10.0 Å². The van der Waals surface area contributed by atoms with Crippen LogP contribution in [0.1, 0.15) is 12.8 Å². The van der Waals surface area contributed by atoms with E-state index in [2.05, 4.69) is 0 Å². The SMILES string of the molecule is COc1ccccc1N1CCCCS1(=O)=O. The highest BCUT2D eigenvalue weighted by Crippen LogP contribution is 2.31. The second-order valence-corrected chi connectivity index (χ2v) is 5.78. The molecule has 0 unspecified atom stereocenters. The normalized spacial score (nSPS) is 19.4. The summed E-state index contributed by atoms with van der Waals surface area (Å²) in [7, 11) is -1.60. The molecule has 1 fully saturated rings. The average molecular weight is 241 g/mol. The minimum absolute atomic E-state index is 0.227. The van der Waals surface area contributed by atoms with Crippen LogP contribution in [0.2, 0.25) is 0 Å². The van der Waals surface area contributed by atoms with E-state index < -0.39 is 10.0 Å². The molecule has 0 saturated carbocycles. The highest BCUT2D eigenvalue weighted by atomic mass is 32.2. The van der Waals surface area contributed by atoms with Gasteiger partial charge in [0.1, 0.15) is 5.75 Å². The first-order valence-electron chi connectivity index (χ1n) is 5.28. The van der Waals surface area contributed by atoms with Gasteiger partial charge in [0, 0.05) is 6.54 Å². The van der Waals surface area contributed by atoms with Crippen molar-refractivity contribution in [3.63, 3.8) is 0 Å². The first kappa shape index (κ1) is 11.3. The molecule has 0 amide bonds. The monoisotopic (exact) mass is 241 g/mol. The van der Waals surface area contributed by atoms with Gasteiger partial charge >= 0.3 is 0 Å². The number of sulfonamides is 1. The molecule has 0 N–H and O–H groups in total. The molecule has 0 spiro atoms. The van der Waals surface area contributed by atoms with E-state index in [0.29, 0.717) is 18.0 Å². The second kappa shape index (κ2) is 4.33. The van der Waals surface area contributed by atoms with Gasteiger partial charge in [-0.3, -0.25) is 4.31 Å². The maximum atomic E-state index is 11.9. The zero-order valence-electron chi connectivity index (χ0n) is 9.22. The summed E-state index contributed by atoms with van der Waals surface area (Å²) in [6.07, 6.45) is 1.64. The number of methoxy groups -OCH3 is 1. The van der Waals surface area contributed by atoms with Gasteiger partial charge in [-0.05, 0) is 25.0 Å². The first-order valence-corrected chi connectivity index (χ1v) is 6.89. The molecule has 2 rings (SSSR count). The zero-order chi connectivity index (χ0) is 11.6. The highest BCUT2D eigenvalue weighted by molar-refractivity contribution is 7.92. The Morgan fingerprint density at radius 1 is 1.25 bits per heavy atom. The Hall–Kier alpha value is -1.23. The quantitative estimate of drug-likeness (QED) is 0.790. The molecular weight excluding hydrogens is 226 g/mol. The fourth-order valence-corrected chi connectivity index (χ4v) is 3.54. The Bertz CT molecular complexity index is 470. The lowest BCUT2D eigenvalue weighted by Crippen LogP contribution is -2.38. The fraction of sp³-hybridized carbons (Fsp3) is 0.455. The van der Waals surface area contributed by atoms with Crippen LogP contribution in [0.3, 0.4) is 0 Å². The maximum Gasteiger partial charge on any atom is 0.235 e. The highest BCUT2D eigenvalue weighted by Gasteiger charge is 2.27. The largest absolute Gasteiger partial charge is 0.495 e. The van der Waals surface area contributed by atoms with E-state index in [1.54, 1.807) is 19.2 Å². The summed E-state index contributed by atoms with van der Waals surface area (Å²) in [5, 5.41) is 0. The summed E-state index contributed by atoms with van der Waals surface area (Å²) >= 11 is 0.